The summed E-state index contributed by atoms with van der Waals surface area (Å²) in [6.07, 6.45) is 0. The van der Waals surface area contributed by atoms with Crippen molar-refractivity contribution in [3.8, 4) is 22.3 Å². The highest BCUT2D eigenvalue weighted by atomic mass is 19.1. The summed E-state index contributed by atoms with van der Waals surface area (Å²) in [5.41, 5.74) is 3.67. The second-order valence-corrected chi connectivity index (χ2v) is 4.43. The van der Waals surface area contributed by atoms with Crippen molar-refractivity contribution in [1.82, 2.24) is 0 Å². The third-order valence-electron chi connectivity index (χ3n) is 3.16. The molecule has 19 heavy (non-hydrogen) atoms. The van der Waals surface area contributed by atoms with Crippen LogP contribution in [0.1, 0.15) is 0 Å². The summed E-state index contributed by atoms with van der Waals surface area (Å²) in [4.78, 5) is 0. The van der Waals surface area contributed by atoms with E-state index in [1.165, 1.54) is 6.07 Å². The maximum atomic E-state index is 14.0. The van der Waals surface area contributed by atoms with Gasteiger partial charge in [0.2, 0.25) is 0 Å². The Kier molecular flexibility index (Phi) is 3.11. The van der Waals surface area contributed by atoms with Crippen molar-refractivity contribution in [2.45, 2.75) is 0 Å². The van der Waals surface area contributed by atoms with Crippen molar-refractivity contribution >= 4 is 0 Å². The Bertz CT molecular complexity index is 673. The van der Waals surface area contributed by atoms with Crippen LogP contribution in [0.15, 0.2) is 78.9 Å². The molecule has 0 N–H and O–H groups in total. The molecular formula is C18H13F. The molecule has 0 unspecified atom stereocenters. The Morgan fingerprint density at radius 1 is 0.526 bits per heavy atom. The molecule has 0 aliphatic rings. The molecule has 0 saturated carbocycles. The van der Waals surface area contributed by atoms with Crippen molar-refractivity contribution in [2.24, 2.45) is 0 Å². The van der Waals surface area contributed by atoms with Crippen LogP contribution in [0, 0.1) is 5.82 Å². The molecule has 0 bridgehead atoms. The fraction of sp³-hybridized carbons (Fsp3) is 0. The highest BCUT2D eigenvalue weighted by Gasteiger charge is 2.06. The summed E-state index contributed by atoms with van der Waals surface area (Å²) in [5, 5.41) is 0. The van der Waals surface area contributed by atoms with Crippen LogP contribution in [0.2, 0.25) is 0 Å². The Labute approximate surface area is 112 Å². The van der Waals surface area contributed by atoms with E-state index in [2.05, 4.69) is 0 Å². The largest absolute Gasteiger partial charge is 0.206 e. The fourth-order valence-corrected chi connectivity index (χ4v) is 2.17. The predicted octanol–water partition coefficient (Wildman–Crippen LogP) is 5.16. The predicted molar refractivity (Wildman–Crippen MR) is 77.3 cm³/mol. The third-order valence-corrected chi connectivity index (χ3v) is 3.16. The zero-order valence-electron chi connectivity index (χ0n) is 10.4. The zero-order valence-corrected chi connectivity index (χ0v) is 10.4. The number of hydrogen-bond donors (Lipinski definition) is 0. The lowest BCUT2D eigenvalue weighted by atomic mass is 9.99. The minimum Gasteiger partial charge on any atom is -0.206 e. The minimum atomic E-state index is -0.189. The van der Waals surface area contributed by atoms with Crippen molar-refractivity contribution in [3.63, 3.8) is 0 Å². The Hall–Kier alpha value is -2.41. The van der Waals surface area contributed by atoms with Gasteiger partial charge in [-0.25, -0.2) is 4.39 Å². The van der Waals surface area contributed by atoms with Crippen LogP contribution in [-0.4, -0.2) is 0 Å². The summed E-state index contributed by atoms with van der Waals surface area (Å²) in [7, 11) is 0. The standard InChI is InChI=1S/C18H13F/c19-18-12-11-16(14-7-3-1-4-8-14)13-17(18)15-9-5-2-6-10-15/h1-13H. The van der Waals surface area contributed by atoms with Gasteiger partial charge in [-0.3, -0.25) is 0 Å². The normalized spacial score (nSPS) is 10.4. The van der Waals surface area contributed by atoms with E-state index in [4.69, 9.17) is 0 Å². The first kappa shape index (κ1) is 11.7. The van der Waals surface area contributed by atoms with Gasteiger partial charge in [-0.2, -0.15) is 0 Å². The summed E-state index contributed by atoms with van der Waals surface area (Å²) in [6, 6.07) is 24.9. The third kappa shape index (κ3) is 2.41. The van der Waals surface area contributed by atoms with Gasteiger partial charge in [-0.15, -0.1) is 0 Å². The summed E-state index contributed by atoms with van der Waals surface area (Å²) < 4.78 is 14.0. The first-order valence-electron chi connectivity index (χ1n) is 6.25. The SMILES string of the molecule is Fc1ccc(-c2ccccc2)cc1-c1ccccc1. The number of hydrogen-bond acceptors (Lipinski definition) is 0. The van der Waals surface area contributed by atoms with E-state index >= 15 is 0 Å². The van der Waals surface area contributed by atoms with E-state index in [1.54, 1.807) is 0 Å². The first-order chi connectivity index (χ1) is 9.34. The van der Waals surface area contributed by atoms with Crippen molar-refractivity contribution in [2.75, 3.05) is 0 Å². The van der Waals surface area contributed by atoms with Gasteiger partial charge in [0.05, 0.1) is 0 Å². The molecule has 0 saturated heterocycles. The van der Waals surface area contributed by atoms with E-state index in [1.807, 2.05) is 72.8 Å². The average molecular weight is 248 g/mol. The molecule has 0 fully saturated rings. The molecule has 3 aromatic rings. The fourth-order valence-electron chi connectivity index (χ4n) is 2.17. The Morgan fingerprint density at radius 2 is 1.11 bits per heavy atom. The van der Waals surface area contributed by atoms with Crippen LogP contribution < -0.4 is 0 Å². The highest BCUT2D eigenvalue weighted by Crippen LogP contribution is 2.28. The Balaban J connectivity index is 2.12. The zero-order chi connectivity index (χ0) is 13.1. The van der Waals surface area contributed by atoms with Gasteiger partial charge >= 0.3 is 0 Å². The van der Waals surface area contributed by atoms with Gasteiger partial charge in [0, 0.05) is 5.56 Å². The van der Waals surface area contributed by atoms with Crippen molar-refractivity contribution in [1.29, 1.82) is 0 Å². The van der Waals surface area contributed by atoms with E-state index in [-0.39, 0.29) is 5.82 Å². The van der Waals surface area contributed by atoms with Crippen LogP contribution in [0.25, 0.3) is 22.3 Å². The molecule has 3 rings (SSSR count). The van der Waals surface area contributed by atoms with E-state index in [9.17, 15) is 4.39 Å². The van der Waals surface area contributed by atoms with Gasteiger partial charge in [-0.1, -0.05) is 66.7 Å². The quantitative estimate of drug-likeness (QED) is 0.587. The van der Waals surface area contributed by atoms with E-state index < -0.39 is 0 Å². The lowest BCUT2D eigenvalue weighted by Gasteiger charge is -2.07. The molecule has 1 heteroatoms. The van der Waals surface area contributed by atoms with Crippen LogP contribution in [0.3, 0.4) is 0 Å². The van der Waals surface area contributed by atoms with E-state index in [0.717, 1.165) is 16.7 Å². The molecule has 0 aliphatic carbocycles. The van der Waals surface area contributed by atoms with Crippen LogP contribution in [-0.2, 0) is 0 Å². The average Bonchev–Trinajstić information content (AvgIpc) is 2.49. The second-order valence-electron chi connectivity index (χ2n) is 4.43. The van der Waals surface area contributed by atoms with Gasteiger partial charge < -0.3 is 0 Å². The lowest BCUT2D eigenvalue weighted by Crippen LogP contribution is -1.86. The first-order valence-corrected chi connectivity index (χ1v) is 6.25. The molecular weight excluding hydrogens is 235 g/mol. The maximum absolute atomic E-state index is 14.0. The van der Waals surface area contributed by atoms with Crippen LogP contribution >= 0.6 is 0 Å². The number of rotatable bonds is 2. The molecule has 0 spiro atoms. The monoisotopic (exact) mass is 248 g/mol. The van der Waals surface area contributed by atoms with Crippen LogP contribution in [0.5, 0.6) is 0 Å². The minimum absolute atomic E-state index is 0.189. The van der Waals surface area contributed by atoms with Gasteiger partial charge in [0.15, 0.2) is 0 Å². The number of benzene rings is 3. The van der Waals surface area contributed by atoms with Gasteiger partial charge in [0.25, 0.3) is 0 Å². The van der Waals surface area contributed by atoms with E-state index in [0.29, 0.717) is 5.56 Å². The maximum Gasteiger partial charge on any atom is 0.131 e. The van der Waals surface area contributed by atoms with Crippen molar-refractivity contribution < 1.29 is 4.39 Å². The van der Waals surface area contributed by atoms with Crippen molar-refractivity contribution in [3.05, 3.63) is 84.7 Å². The topological polar surface area (TPSA) is 0 Å². The highest BCUT2D eigenvalue weighted by molar-refractivity contribution is 5.73. The van der Waals surface area contributed by atoms with Crippen LogP contribution in [0.4, 0.5) is 4.39 Å². The molecule has 0 amide bonds. The number of halogens is 1. The van der Waals surface area contributed by atoms with Gasteiger partial charge in [0.1, 0.15) is 5.82 Å². The Morgan fingerprint density at radius 3 is 1.74 bits per heavy atom. The molecule has 0 atom stereocenters. The molecule has 92 valence electrons. The summed E-state index contributed by atoms with van der Waals surface area (Å²) in [5.74, 6) is -0.189. The molecule has 0 aliphatic heterocycles. The second kappa shape index (κ2) is 5.07. The summed E-state index contributed by atoms with van der Waals surface area (Å²) >= 11 is 0. The van der Waals surface area contributed by atoms with Gasteiger partial charge in [-0.05, 0) is 28.8 Å². The molecule has 0 radical (unpaired) electrons. The molecule has 0 aromatic heterocycles. The smallest absolute Gasteiger partial charge is 0.131 e. The summed E-state index contributed by atoms with van der Waals surface area (Å²) in [6.45, 7) is 0. The lowest BCUT2D eigenvalue weighted by molar-refractivity contribution is 0.631. The molecule has 3 aromatic carbocycles. The molecule has 0 heterocycles. The molecule has 0 nitrogen and oxygen atoms in total.